The molecule has 1 unspecified atom stereocenters. The molecule has 0 radical (unpaired) electrons. The average Bonchev–Trinajstić information content (AvgIpc) is 3.83. The first-order chi connectivity index (χ1) is 20.8. The van der Waals surface area contributed by atoms with Crippen LogP contribution in [0.15, 0.2) is 65.3 Å². The van der Waals surface area contributed by atoms with Gasteiger partial charge in [-0.15, -0.1) is 0 Å². The second-order valence-electron chi connectivity index (χ2n) is 9.31. The van der Waals surface area contributed by atoms with Crippen LogP contribution in [0.4, 0.5) is 0 Å². The van der Waals surface area contributed by atoms with E-state index in [0.717, 1.165) is 0 Å². The molecule has 1 aliphatic heterocycles. The quantitative estimate of drug-likeness (QED) is 0.205. The van der Waals surface area contributed by atoms with Gasteiger partial charge in [0, 0.05) is 32.4 Å². The standard InChI is InChI=1S/C26H21BrClN3O7.3C2H6/c27-17-4-8-21-20(11-17)22(32)31(14-19-7-1-15(12-29)13-30-19)24(21,16-2-5-18(28)6-3-16)38-26(36,37)23(9-10-23)25(33,34)35;3*1-2/h1-8,11,13,33-37H,9-10,14H2;3*1-2H3. The molecule has 3 aromatic rings. The lowest BCUT2D eigenvalue weighted by atomic mass is 9.92. The van der Waals surface area contributed by atoms with Gasteiger partial charge in [0.15, 0.2) is 0 Å². The third-order valence-electron chi connectivity index (χ3n) is 7.02. The van der Waals surface area contributed by atoms with Gasteiger partial charge in [-0.05, 0) is 49.2 Å². The van der Waals surface area contributed by atoms with E-state index < -0.39 is 29.0 Å². The van der Waals surface area contributed by atoms with Crippen LogP contribution in [0, 0.1) is 16.7 Å². The Morgan fingerprint density at radius 1 is 0.977 bits per heavy atom. The number of amides is 1. The van der Waals surface area contributed by atoms with Crippen LogP contribution < -0.4 is 0 Å². The van der Waals surface area contributed by atoms with Crippen molar-refractivity contribution in [3.05, 3.63) is 98.2 Å². The van der Waals surface area contributed by atoms with Crippen LogP contribution >= 0.6 is 27.5 Å². The van der Waals surface area contributed by atoms with Gasteiger partial charge in [0.25, 0.3) is 17.9 Å². The highest BCUT2D eigenvalue weighted by Crippen LogP contribution is 2.62. The maximum absolute atomic E-state index is 13.9. The molecule has 5 rings (SSSR count). The van der Waals surface area contributed by atoms with Gasteiger partial charge in [-0.3, -0.25) is 19.4 Å². The fraction of sp³-hybridized carbons (Fsp3) is 0.406. The molecule has 12 heteroatoms. The van der Waals surface area contributed by atoms with Gasteiger partial charge in [-0.2, -0.15) is 5.26 Å². The zero-order chi connectivity index (χ0) is 33.5. The lowest BCUT2D eigenvalue weighted by molar-refractivity contribution is -0.484. The number of hydrogen-bond donors (Lipinski definition) is 5. The first kappa shape index (κ1) is 37.3. The predicted octanol–water partition coefficient (Wildman–Crippen LogP) is 5.37. The maximum Gasteiger partial charge on any atom is 0.294 e. The van der Waals surface area contributed by atoms with Crippen molar-refractivity contribution in [3.8, 4) is 6.07 Å². The fourth-order valence-electron chi connectivity index (χ4n) is 4.82. The molecule has 5 N–H and O–H groups in total. The largest absolute Gasteiger partial charge is 0.343 e. The molecule has 2 aliphatic rings. The first-order valence-corrected chi connectivity index (χ1v) is 15.6. The van der Waals surface area contributed by atoms with Crippen LogP contribution in [0.25, 0.3) is 0 Å². The first-order valence-electron chi connectivity index (χ1n) is 14.4. The highest BCUT2D eigenvalue weighted by atomic mass is 79.9. The number of fused-ring (bicyclic) bond motifs is 1. The summed E-state index contributed by atoms with van der Waals surface area (Å²) in [5, 5.41) is 62.0. The van der Waals surface area contributed by atoms with E-state index in [1.54, 1.807) is 24.3 Å². The predicted molar refractivity (Wildman–Crippen MR) is 169 cm³/mol. The molecule has 44 heavy (non-hydrogen) atoms. The van der Waals surface area contributed by atoms with Crippen molar-refractivity contribution in [3.63, 3.8) is 0 Å². The number of halogens is 2. The maximum atomic E-state index is 13.9. The van der Waals surface area contributed by atoms with Crippen molar-refractivity contribution in [1.82, 2.24) is 9.88 Å². The van der Waals surface area contributed by atoms with E-state index in [1.165, 1.54) is 41.4 Å². The van der Waals surface area contributed by atoms with E-state index in [-0.39, 0.29) is 36.1 Å². The molecule has 0 spiro atoms. The number of aliphatic hydroxyl groups is 5. The van der Waals surface area contributed by atoms with E-state index in [1.807, 2.05) is 47.6 Å². The molecule has 2 aromatic carbocycles. The number of aromatic nitrogens is 1. The number of ether oxygens (including phenoxy) is 1. The van der Waals surface area contributed by atoms with Crippen LogP contribution in [0.2, 0.25) is 5.02 Å². The highest BCUT2D eigenvalue weighted by molar-refractivity contribution is 9.10. The molecule has 1 atom stereocenters. The van der Waals surface area contributed by atoms with E-state index in [4.69, 9.17) is 21.6 Å². The molecule has 1 amide bonds. The number of pyridine rings is 1. The fourth-order valence-corrected chi connectivity index (χ4v) is 5.30. The Morgan fingerprint density at radius 2 is 1.57 bits per heavy atom. The van der Waals surface area contributed by atoms with Crippen LogP contribution in [0.1, 0.15) is 87.1 Å². The number of nitrogens with zero attached hydrogens (tertiary/aromatic N) is 3. The van der Waals surface area contributed by atoms with Crippen molar-refractivity contribution in [2.75, 3.05) is 0 Å². The Kier molecular flexibility index (Phi) is 12.6. The Balaban J connectivity index is 0.00000106. The van der Waals surface area contributed by atoms with E-state index in [9.17, 15) is 30.3 Å². The number of hydrogen-bond acceptors (Lipinski definition) is 9. The molecule has 1 aromatic heterocycles. The number of carbonyl (C=O) groups is 1. The third-order valence-corrected chi connectivity index (χ3v) is 7.76. The van der Waals surface area contributed by atoms with Gasteiger partial charge in [0.1, 0.15) is 11.5 Å². The van der Waals surface area contributed by atoms with Crippen molar-refractivity contribution in [1.29, 1.82) is 5.26 Å². The number of benzene rings is 2. The number of carbonyl (C=O) groups excluding carboxylic acids is 1. The minimum Gasteiger partial charge on any atom is -0.343 e. The summed E-state index contributed by atoms with van der Waals surface area (Å²) in [6, 6.07) is 15.9. The Bertz CT molecular complexity index is 1450. The minimum atomic E-state index is -3.50. The minimum absolute atomic E-state index is 0.173. The van der Waals surface area contributed by atoms with Crippen molar-refractivity contribution < 1.29 is 35.1 Å². The Morgan fingerprint density at radius 3 is 2.05 bits per heavy atom. The monoisotopic (exact) mass is 691 g/mol. The molecule has 1 aliphatic carbocycles. The molecule has 1 saturated carbocycles. The molecule has 1 fully saturated rings. The molecule has 10 nitrogen and oxygen atoms in total. The molecular formula is C32H39BrClN3O7. The molecular weight excluding hydrogens is 654 g/mol. The summed E-state index contributed by atoms with van der Waals surface area (Å²) in [7, 11) is 0. The molecule has 0 saturated heterocycles. The molecule has 2 heterocycles. The third kappa shape index (κ3) is 6.83. The zero-order valence-corrected chi connectivity index (χ0v) is 27.9. The lowest BCUT2D eigenvalue weighted by Crippen LogP contribution is -2.61. The van der Waals surface area contributed by atoms with Crippen LogP contribution in [0.5, 0.6) is 0 Å². The van der Waals surface area contributed by atoms with Gasteiger partial charge < -0.3 is 25.5 Å². The summed E-state index contributed by atoms with van der Waals surface area (Å²) in [5.41, 5.74) is -3.01. The van der Waals surface area contributed by atoms with Gasteiger partial charge in [0.05, 0.1) is 17.8 Å². The van der Waals surface area contributed by atoms with E-state index in [0.29, 0.717) is 20.8 Å². The summed E-state index contributed by atoms with van der Waals surface area (Å²) in [6.07, 6.45) is 0.945. The van der Waals surface area contributed by atoms with E-state index in [2.05, 4.69) is 20.9 Å². The van der Waals surface area contributed by atoms with Crippen molar-refractivity contribution in [2.24, 2.45) is 5.41 Å². The van der Waals surface area contributed by atoms with Crippen molar-refractivity contribution >= 4 is 33.4 Å². The van der Waals surface area contributed by atoms with Gasteiger partial charge in [-0.1, -0.05) is 87.3 Å². The topological polar surface area (TPSA) is 167 Å². The van der Waals surface area contributed by atoms with Crippen molar-refractivity contribution in [2.45, 2.75) is 78.6 Å². The summed E-state index contributed by atoms with van der Waals surface area (Å²) >= 11 is 9.48. The lowest BCUT2D eigenvalue weighted by Gasteiger charge is -2.46. The summed E-state index contributed by atoms with van der Waals surface area (Å²) in [5.74, 6) is -7.38. The van der Waals surface area contributed by atoms with Gasteiger partial charge in [0.2, 0.25) is 5.72 Å². The van der Waals surface area contributed by atoms with Crippen LogP contribution in [0.3, 0.4) is 0 Å². The summed E-state index contributed by atoms with van der Waals surface area (Å²) in [6.45, 7) is 11.8. The summed E-state index contributed by atoms with van der Waals surface area (Å²) in [4.78, 5) is 19.4. The summed E-state index contributed by atoms with van der Waals surface area (Å²) < 4.78 is 6.61. The van der Waals surface area contributed by atoms with Crippen LogP contribution in [-0.4, -0.2) is 53.3 Å². The smallest absolute Gasteiger partial charge is 0.294 e. The van der Waals surface area contributed by atoms with E-state index >= 15 is 0 Å². The second kappa shape index (κ2) is 14.9. The number of nitriles is 1. The molecule has 0 bridgehead atoms. The molecule has 238 valence electrons. The highest BCUT2D eigenvalue weighted by Gasteiger charge is 2.74. The zero-order valence-electron chi connectivity index (χ0n) is 25.5. The Hall–Kier alpha value is -2.92. The number of rotatable bonds is 7. The normalized spacial score (nSPS) is 17.9. The van der Waals surface area contributed by atoms with Gasteiger partial charge >= 0.3 is 0 Å². The SMILES string of the molecule is CC.CC.CC.N#Cc1ccc(CN2C(=O)c3cc(Br)ccc3C2(OC(O)(O)C2(C(O)(O)O)CC2)c2ccc(Cl)cc2)nc1. The van der Waals surface area contributed by atoms with Crippen LogP contribution in [-0.2, 0) is 17.0 Å². The van der Waals surface area contributed by atoms with Gasteiger partial charge in [-0.25, -0.2) is 0 Å². The average molecular weight is 693 g/mol. The Labute approximate surface area is 271 Å². The second-order valence-corrected chi connectivity index (χ2v) is 10.7.